The lowest BCUT2D eigenvalue weighted by molar-refractivity contribution is 0.541. The molecule has 2 rings (SSSR count). The minimum atomic E-state index is -4.03. The molecule has 3 N–H and O–H groups in total. The van der Waals surface area contributed by atoms with Gasteiger partial charge in [-0.05, 0) is 41.4 Å². The van der Waals surface area contributed by atoms with Gasteiger partial charge in [-0.3, -0.25) is 0 Å². The first-order chi connectivity index (χ1) is 9.85. The van der Waals surface area contributed by atoms with Crippen molar-refractivity contribution in [2.75, 3.05) is 0 Å². The second kappa shape index (κ2) is 6.41. The van der Waals surface area contributed by atoms with Gasteiger partial charge in [0.2, 0.25) is 10.0 Å². The molecule has 1 atom stereocenters. The summed E-state index contributed by atoms with van der Waals surface area (Å²) in [6, 6.07) is 3.73. The molecule has 1 heterocycles. The molecular weight excluding hydrogens is 335 g/mol. The van der Waals surface area contributed by atoms with E-state index in [0.717, 1.165) is 11.6 Å². The van der Waals surface area contributed by atoms with E-state index >= 15 is 0 Å². The van der Waals surface area contributed by atoms with Crippen LogP contribution in [0.2, 0.25) is 5.02 Å². The molecule has 1 aromatic heterocycles. The molecular formula is C13H14ClFN2O2S2. The quantitative estimate of drug-likeness (QED) is 0.872. The Hall–Kier alpha value is -0.990. The summed E-state index contributed by atoms with van der Waals surface area (Å²) >= 11 is 7.28. The fraction of sp³-hybridized carbons (Fsp3) is 0.231. The van der Waals surface area contributed by atoms with Gasteiger partial charge in [0.25, 0.3) is 0 Å². The van der Waals surface area contributed by atoms with Gasteiger partial charge in [0, 0.05) is 23.2 Å². The van der Waals surface area contributed by atoms with Crippen molar-refractivity contribution in [3.8, 4) is 0 Å². The molecule has 1 unspecified atom stereocenters. The number of nitrogens with one attached hydrogen (secondary N) is 1. The summed E-state index contributed by atoms with van der Waals surface area (Å²) in [6.45, 7) is 1.56. The smallest absolute Gasteiger partial charge is 0.244 e. The van der Waals surface area contributed by atoms with Gasteiger partial charge in [-0.1, -0.05) is 11.6 Å². The fourth-order valence-corrected chi connectivity index (χ4v) is 4.29. The van der Waals surface area contributed by atoms with Crippen LogP contribution < -0.4 is 10.5 Å². The fourth-order valence-electron chi connectivity index (χ4n) is 1.85. The first kappa shape index (κ1) is 16.4. The average molecular weight is 349 g/mol. The van der Waals surface area contributed by atoms with Gasteiger partial charge in [0.15, 0.2) is 0 Å². The highest BCUT2D eigenvalue weighted by atomic mass is 35.5. The van der Waals surface area contributed by atoms with E-state index in [0.29, 0.717) is 0 Å². The third kappa shape index (κ3) is 3.61. The van der Waals surface area contributed by atoms with E-state index in [1.807, 2.05) is 10.8 Å². The molecule has 4 nitrogen and oxygen atoms in total. The summed E-state index contributed by atoms with van der Waals surface area (Å²) in [7, 11) is -4.03. The topological polar surface area (TPSA) is 72.2 Å². The lowest BCUT2D eigenvalue weighted by atomic mass is 10.2. The molecule has 0 aliphatic rings. The summed E-state index contributed by atoms with van der Waals surface area (Å²) in [5.74, 6) is -0.869. The normalized spacial score (nSPS) is 13.3. The maximum absolute atomic E-state index is 14.2. The van der Waals surface area contributed by atoms with Gasteiger partial charge in [0.05, 0.1) is 0 Å². The number of thiophene rings is 1. The molecule has 0 radical (unpaired) electrons. The van der Waals surface area contributed by atoms with Crippen molar-refractivity contribution >= 4 is 33.0 Å². The molecule has 0 aliphatic heterocycles. The Morgan fingerprint density at radius 2 is 2.19 bits per heavy atom. The molecule has 2 aromatic rings. The first-order valence-electron chi connectivity index (χ1n) is 6.07. The van der Waals surface area contributed by atoms with Gasteiger partial charge in [-0.2, -0.15) is 11.3 Å². The van der Waals surface area contributed by atoms with E-state index < -0.39 is 26.8 Å². The molecule has 0 aliphatic carbocycles. The van der Waals surface area contributed by atoms with Crippen LogP contribution in [0.1, 0.15) is 24.1 Å². The van der Waals surface area contributed by atoms with Crippen LogP contribution in [0.4, 0.5) is 4.39 Å². The van der Waals surface area contributed by atoms with Crippen LogP contribution in [0.15, 0.2) is 33.9 Å². The zero-order valence-electron chi connectivity index (χ0n) is 11.1. The predicted molar refractivity (Wildman–Crippen MR) is 82.4 cm³/mol. The molecule has 1 aromatic carbocycles. The van der Waals surface area contributed by atoms with Crippen LogP contribution in [0.3, 0.4) is 0 Å². The van der Waals surface area contributed by atoms with E-state index in [9.17, 15) is 12.8 Å². The Bertz CT molecular complexity index is 733. The van der Waals surface area contributed by atoms with Crippen molar-refractivity contribution in [2.24, 2.45) is 5.73 Å². The van der Waals surface area contributed by atoms with Crippen LogP contribution in [0.25, 0.3) is 0 Å². The van der Waals surface area contributed by atoms with Crippen molar-refractivity contribution in [1.82, 2.24) is 4.72 Å². The molecule has 0 bridgehead atoms. The number of halogens is 2. The highest BCUT2D eigenvalue weighted by Crippen LogP contribution is 2.25. The van der Waals surface area contributed by atoms with Gasteiger partial charge >= 0.3 is 0 Å². The van der Waals surface area contributed by atoms with Crippen molar-refractivity contribution < 1.29 is 12.8 Å². The van der Waals surface area contributed by atoms with Gasteiger partial charge < -0.3 is 5.73 Å². The zero-order valence-corrected chi connectivity index (χ0v) is 13.5. The van der Waals surface area contributed by atoms with Crippen LogP contribution in [0, 0.1) is 5.82 Å². The van der Waals surface area contributed by atoms with E-state index in [2.05, 4.69) is 4.72 Å². The first-order valence-corrected chi connectivity index (χ1v) is 8.88. The Morgan fingerprint density at radius 1 is 1.48 bits per heavy atom. The minimum Gasteiger partial charge on any atom is -0.326 e. The van der Waals surface area contributed by atoms with Crippen molar-refractivity contribution in [2.45, 2.75) is 24.4 Å². The molecule has 114 valence electrons. The van der Waals surface area contributed by atoms with Crippen molar-refractivity contribution in [3.63, 3.8) is 0 Å². The maximum atomic E-state index is 14.2. The predicted octanol–water partition coefficient (Wildman–Crippen LogP) is 3.04. The van der Waals surface area contributed by atoms with E-state index in [1.165, 1.54) is 17.4 Å². The van der Waals surface area contributed by atoms with Gasteiger partial charge in [-0.15, -0.1) is 0 Å². The summed E-state index contributed by atoms with van der Waals surface area (Å²) in [6.07, 6.45) is 0. The second-order valence-electron chi connectivity index (χ2n) is 4.48. The molecule has 0 amide bonds. The summed E-state index contributed by atoms with van der Waals surface area (Å²) < 4.78 is 41.3. The number of benzene rings is 1. The number of nitrogens with two attached hydrogens (primary N) is 1. The highest BCUT2D eigenvalue weighted by molar-refractivity contribution is 7.89. The summed E-state index contributed by atoms with van der Waals surface area (Å²) in [5, 5.41) is 3.79. The number of hydrogen-bond donors (Lipinski definition) is 2. The number of rotatable bonds is 5. The third-order valence-corrected chi connectivity index (χ3v) is 5.42. The number of sulfonamides is 1. The van der Waals surface area contributed by atoms with Gasteiger partial charge in [0.1, 0.15) is 10.7 Å². The van der Waals surface area contributed by atoms with Crippen LogP contribution in [-0.4, -0.2) is 8.42 Å². The maximum Gasteiger partial charge on any atom is 0.244 e. The number of hydrogen-bond acceptors (Lipinski definition) is 4. The largest absolute Gasteiger partial charge is 0.326 e. The minimum absolute atomic E-state index is 0.0612. The second-order valence-corrected chi connectivity index (χ2v) is 7.38. The zero-order chi connectivity index (χ0) is 15.6. The van der Waals surface area contributed by atoms with Gasteiger partial charge in [-0.25, -0.2) is 17.5 Å². The monoisotopic (exact) mass is 348 g/mol. The lowest BCUT2D eigenvalue weighted by Crippen LogP contribution is -2.27. The summed E-state index contributed by atoms with van der Waals surface area (Å²) in [5.41, 5.74) is 6.27. The lowest BCUT2D eigenvalue weighted by Gasteiger charge is -2.15. The van der Waals surface area contributed by atoms with Crippen molar-refractivity contribution in [1.29, 1.82) is 0 Å². The van der Waals surface area contributed by atoms with Crippen LogP contribution >= 0.6 is 22.9 Å². The molecule has 0 fully saturated rings. The van der Waals surface area contributed by atoms with E-state index in [4.69, 9.17) is 17.3 Å². The highest BCUT2D eigenvalue weighted by Gasteiger charge is 2.24. The summed E-state index contributed by atoms with van der Waals surface area (Å²) in [4.78, 5) is -0.488. The Kier molecular flexibility index (Phi) is 5.00. The van der Waals surface area contributed by atoms with E-state index in [-0.39, 0.29) is 17.1 Å². The Labute approximate surface area is 131 Å². The SMILES string of the molecule is CC(NS(=O)(=O)c1cc(Cl)cc(CN)c1F)c1ccsc1. The Morgan fingerprint density at radius 3 is 2.76 bits per heavy atom. The third-order valence-electron chi connectivity index (χ3n) is 2.96. The average Bonchev–Trinajstić information content (AvgIpc) is 2.94. The van der Waals surface area contributed by atoms with Crippen LogP contribution in [-0.2, 0) is 16.6 Å². The molecule has 8 heteroatoms. The molecule has 21 heavy (non-hydrogen) atoms. The van der Waals surface area contributed by atoms with Crippen molar-refractivity contribution in [3.05, 3.63) is 50.9 Å². The van der Waals surface area contributed by atoms with Crippen LogP contribution in [0.5, 0.6) is 0 Å². The van der Waals surface area contributed by atoms with E-state index in [1.54, 1.807) is 13.0 Å². The molecule has 0 saturated heterocycles. The Balaban J connectivity index is 2.38. The molecule has 0 saturated carbocycles. The standard InChI is InChI=1S/C13H14ClFN2O2S2/c1-8(9-2-3-20-7-9)17-21(18,19)12-5-11(14)4-10(6-16)13(12)15/h2-5,7-8,17H,6,16H2,1H3. The molecule has 0 spiro atoms.